The smallest absolute Gasteiger partial charge is 0.317 e. The van der Waals surface area contributed by atoms with Crippen LogP contribution in [0.3, 0.4) is 0 Å². The quantitative estimate of drug-likeness (QED) is 0.494. The monoisotopic (exact) mass is 443 g/mol. The Morgan fingerprint density at radius 2 is 1.69 bits per heavy atom. The lowest BCUT2D eigenvalue weighted by atomic mass is 9.78. The summed E-state index contributed by atoms with van der Waals surface area (Å²) < 4.78 is 11.7. The second kappa shape index (κ2) is 9.68. The molecule has 174 valence electrons. The van der Waals surface area contributed by atoms with Gasteiger partial charge in [0.05, 0.1) is 30.1 Å². The Balaban J connectivity index is 1.41. The number of fused-ring (bicyclic) bond motifs is 2. The van der Waals surface area contributed by atoms with Gasteiger partial charge in [0.2, 0.25) is 5.91 Å². The molecule has 3 aliphatic heterocycles. The van der Waals surface area contributed by atoms with Gasteiger partial charge in [-0.1, -0.05) is 12.1 Å². The molecule has 5 atom stereocenters. The third-order valence-corrected chi connectivity index (χ3v) is 7.07. The summed E-state index contributed by atoms with van der Waals surface area (Å²) in [6.45, 7) is 4.61. The van der Waals surface area contributed by atoms with Gasteiger partial charge in [-0.2, -0.15) is 0 Å². The highest BCUT2D eigenvalue weighted by Crippen LogP contribution is 2.45. The molecule has 4 rings (SSSR count). The number of ether oxygens (including phenoxy) is 2. The first-order chi connectivity index (χ1) is 15.4. The van der Waals surface area contributed by atoms with Crippen molar-refractivity contribution in [1.82, 2.24) is 15.1 Å². The number of amides is 1. The van der Waals surface area contributed by atoms with Crippen LogP contribution in [-0.4, -0.2) is 86.0 Å². The van der Waals surface area contributed by atoms with Gasteiger partial charge in [0.1, 0.15) is 11.5 Å². The zero-order chi connectivity index (χ0) is 22.8. The molecule has 3 saturated heterocycles. The molecular weight excluding hydrogens is 410 g/mol. The van der Waals surface area contributed by atoms with Crippen molar-refractivity contribution in [2.24, 2.45) is 11.8 Å². The number of hydrogen-bond donors (Lipinski definition) is 1. The van der Waals surface area contributed by atoms with Crippen molar-refractivity contribution < 1.29 is 23.9 Å². The van der Waals surface area contributed by atoms with Gasteiger partial charge in [-0.25, -0.2) is 0 Å². The lowest BCUT2D eigenvalue weighted by Gasteiger charge is -2.36. The number of carbonyl (C=O) groups excluding carboxylic acids is 3. The Hall–Kier alpha value is -2.29. The molecule has 1 N–H and O–H groups in total. The van der Waals surface area contributed by atoms with Gasteiger partial charge in [0.25, 0.3) is 0 Å². The van der Waals surface area contributed by atoms with Gasteiger partial charge in [0.15, 0.2) is 0 Å². The van der Waals surface area contributed by atoms with Gasteiger partial charge in [-0.05, 0) is 58.0 Å². The molecule has 3 fully saturated rings. The number of Topliss-reactive ketones (excluding diaryl/α,β-unsaturated/α-hetero) is 1. The second-order valence-corrected chi connectivity index (χ2v) is 9.19. The predicted molar refractivity (Wildman–Crippen MR) is 118 cm³/mol. The standard InChI is InChI=1S/C24H33N3O5/c1-15(28)18(25-2)14-16-4-6-17(7-5-16)31-24(30)22-20-9-8-19(32-20)21(22)23(29)27-12-10-26(3)11-13-27/h4-7,18-22,25H,8-14H2,1-3H3/t18?,19-,20+,21?,22?/m0/s1. The van der Waals surface area contributed by atoms with Crippen LogP contribution in [0, 0.1) is 11.8 Å². The van der Waals surface area contributed by atoms with Crippen molar-refractivity contribution in [2.45, 2.75) is 44.4 Å². The number of nitrogens with zero attached hydrogens (tertiary/aromatic N) is 2. The predicted octanol–water partition coefficient (Wildman–Crippen LogP) is 0.879. The molecule has 0 saturated carbocycles. The number of ketones is 1. The molecule has 0 spiro atoms. The summed E-state index contributed by atoms with van der Waals surface area (Å²) in [5, 5.41) is 3.01. The summed E-state index contributed by atoms with van der Waals surface area (Å²) in [4.78, 5) is 42.1. The summed E-state index contributed by atoms with van der Waals surface area (Å²) in [7, 11) is 3.81. The Kier molecular flexibility index (Phi) is 6.93. The maximum Gasteiger partial charge on any atom is 0.317 e. The number of nitrogens with one attached hydrogen (secondary N) is 1. The molecule has 8 nitrogen and oxygen atoms in total. The molecule has 1 aromatic carbocycles. The van der Waals surface area contributed by atoms with Gasteiger partial charge >= 0.3 is 5.97 Å². The summed E-state index contributed by atoms with van der Waals surface area (Å²) in [6.07, 6.45) is 1.72. The fraction of sp³-hybridized carbons (Fsp3) is 0.625. The number of esters is 1. The van der Waals surface area contributed by atoms with E-state index in [9.17, 15) is 14.4 Å². The van der Waals surface area contributed by atoms with Gasteiger partial charge in [-0.15, -0.1) is 0 Å². The largest absolute Gasteiger partial charge is 0.426 e. The van der Waals surface area contributed by atoms with E-state index in [4.69, 9.17) is 9.47 Å². The first-order valence-corrected chi connectivity index (χ1v) is 11.5. The molecule has 0 aliphatic carbocycles. The van der Waals surface area contributed by atoms with Crippen LogP contribution in [0.2, 0.25) is 0 Å². The summed E-state index contributed by atoms with van der Waals surface area (Å²) in [6, 6.07) is 6.97. The molecule has 1 amide bonds. The Bertz CT molecular complexity index is 850. The topological polar surface area (TPSA) is 88.2 Å². The average molecular weight is 444 g/mol. The summed E-state index contributed by atoms with van der Waals surface area (Å²) >= 11 is 0. The van der Waals surface area contributed by atoms with Gasteiger partial charge in [-0.3, -0.25) is 14.4 Å². The average Bonchev–Trinajstić information content (AvgIpc) is 3.40. The van der Waals surface area contributed by atoms with Crippen LogP contribution in [0.5, 0.6) is 5.75 Å². The number of carbonyl (C=O) groups is 3. The molecule has 3 aliphatic rings. The third-order valence-electron chi connectivity index (χ3n) is 7.07. The minimum absolute atomic E-state index is 0.0185. The molecule has 3 heterocycles. The zero-order valence-corrected chi connectivity index (χ0v) is 19.1. The van der Waals surface area contributed by atoms with E-state index in [0.717, 1.165) is 31.5 Å². The van der Waals surface area contributed by atoms with Crippen LogP contribution in [0.1, 0.15) is 25.3 Å². The first-order valence-electron chi connectivity index (χ1n) is 11.5. The SMILES string of the molecule is CNC(Cc1ccc(OC(=O)C2C(C(=O)N3CCN(C)CC3)[C@@H]3CC[C@H]2O3)cc1)C(C)=O. The highest BCUT2D eigenvalue weighted by Gasteiger charge is 2.57. The van der Waals surface area contributed by atoms with Crippen molar-refractivity contribution in [3.63, 3.8) is 0 Å². The first kappa shape index (κ1) is 22.9. The maximum absolute atomic E-state index is 13.3. The second-order valence-electron chi connectivity index (χ2n) is 9.19. The van der Waals surface area contributed by atoms with E-state index in [2.05, 4.69) is 10.2 Å². The third kappa shape index (κ3) is 4.72. The maximum atomic E-state index is 13.3. The molecule has 32 heavy (non-hydrogen) atoms. The number of piperazine rings is 1. The molecule has 3 unspecified atom stereocenters. The van der Waals surface area contributed by atoms with Crippen LogP contribution in [0.15, 0.2) is 24.3 Å². The van der Waals surface area contributed by atoms with E-state index in [0.29, 0.717) is 25.3 Å². The van der Waals surface area contributed by atoms with Gasteiger partial charge < -0.3 is 24.6 Å². The molecule has 2 bridgehead atoms. The van der Waals surface area contributed by atoms with Gasteiger partial charge in [0, 0.05) is 26.2 Å². The minimum atomic E-state index is -0.563. The van der Waals surface area contributed by atoms with Crippen molar-refractivity contribution >= 4 is 17.7 Å². The van der Waals surface area contributed by atoms with E-state index < -0.39 is 17.8 Å². The summed E-state index contributed by atoms with van der Waals surface area (Å²) in [5.41, 5.74) is 0.978. The zero-order valence-electron chi connectivity index (χ0n) is 19.1. The van der Waals surface area contributed by atoms with E-state index in [1.165, 1.54) is 0 Å². The Morgan fingerprint density at radius 3 is 2.28 bits per heavy atom. The Morgan fingerprint density at radius 1 is 1.06 bits per heavy atom. The summed E-state index contributed by atoms with van der Waals surface area (Å²) in [5.74, 6) is -0.881. The Labute approximate surface area is 189 Å². The van der Waals surface area contributed by atoms with Crippen molar-refractivity contribution in [3.8, 4) is 5.75 Å². The van der Waals surface area contributed by atoms with E-state index in [-0.39, 0.29) is 29.9 Å². The lowest BCUT2D eigenvalue weighted by Crippen LogP contribution is -2.52. The lowest BCUT2D eigenvalue weighted by molar-refractivity contribution is -0.149. The van der Waals surface area contributed by atoms with E-state index in [1.807, 2.05) is 24.1 Å². The van der Waals surface area contributed by atoms with Crippen LogP contribution < -0.4 is 10.1 Å². The molecule has 0 radical (unpaired) electrons. The van der Waals surface area contributed by atoms with Crippen LogP contribution >= 0.6 is 0 Å². The van der Waals surface area contributed by atoms with E-state index >= 15 is 0 Å². The van der Waals surface area contributed by atoms with Crippen molar-refractivity contribution in [2.75, 3.05) is 40.3 Å². The van der Waals surface area contributed by atoms with Crippen molar-refractivity contribution in [3.05, 3.63) is 29.8 Å². The fourth-order valence-electron chi connectivity index (χ4n) is 5.09. The van der Waals surface area contributed by atoms with Crippen LogP contribution in [0.25, 0.3) is 0 Å². The highest BCUT2D eigenvalue weighted by atomic mass is 16.5. The number of rotatable bonds is 7. The fourth-order valence-corrected chi connectivity index (χ4v) is 5.09. The molecule has 1 aromatic rings. The van der Waals surface area contributed by atoms with Crippen LogP contribution in [0.4, 0.5) is 0 Å². The number of likely N-dealkylation sites (N-methyl/N-ethyl adjacent to an activating group) is 2. The van der Waals surface area contributed by atoms with Crippen LogP contribution in [-0.2, 0) is 25.5 Å². The molecule has 0 aromatic heterocycles. The number of hydrogen-bond acceptors (Lipinski definition) is 7. The highest BCUT2D eigenvalue weighted by molar-refractivity contribution is 5.88. The minimum Gasteiger partial charge on any atom is -0.426 e. The number of benzene rings is 1. The molecule has 8 heteroatoms. The van der Waals surface area contributed by atoms with Crippen molar-refractivity contribution in [1.29, 1.82) is 0 Å². The van der Waals surface area contributed by atoms with E-state index in [1.54, 1.807) is 26.1 Å². The normalized spacial score (nSPS) is 28.5. The molecular formula is C24H33N3O5.